The average Bonchev–Trinajstić information content (AvgIpc) is 2.73. The van der Waals surface area contributed by atoms with E-state index in [0.29, 0.717) is 5.69 Å². The highest BCUT2D eigenvalue weighted by molar-refractivity contribution is 5.84. The molecule has 18 heavy (non-hydrogen) atoms. The van der Waals surface area contributed by atoms with E-state index in [-0.39, 0.29) is 5.82 Å². The minimum atomic E-state index is -1.01. The summed E-state index contributed by atoms with van der Waals surface area (Å²) in [6, 6.07) is 8.10. The van der Waals surface area contributed by atoms with Crippen molar-refractivity contribution < 1.29 is 9.90 Å². The van der Waals surface area contributed by atoms with Crippen LogP contribution < -0.4 is 0 Å². The first kappa shape index (κ1) is 12.4. The van der Waals surface area contributed by atoms with Crippen LogP contribution in [0.4, 0.5) is 0 Å². The number of aromatic nitrogens is 2. The molecule has 2 rings (SSSR count). The summed E-state index contributed by atoms with van der Waals surface area (Å²) in [6.07, 6.45) is 3.91. The lowest BCUT2D eigenvalue weighted by Gasteiger charge is -2.00. The van der Waals surface area contributed by atoms with Crippen LogP contribution in [0.25, 0.3) is 11.3 Å². The van der Waals surface area contributed by atoms with Gasteiger partial charge in [-0.2, -0.15) is 0 Å². The summed E-state index contributed by atoms with van der Waals surface area (Å²) in [4.78, 5) is 15.0. The van der Waals surface area contributed by atoms with E-state index >= 15 is 0 Å². The number of benzene rings is 1. The van der Waals surface area contributed by atoms with E-state index in [1.807, 2.05) is 12.1 Å². The zero-order chi connectivity index (χ0) is 13.1. The number of hydrogen-bond acceptors (Lipinski definition) is 2. The molecule has 0 spiro atoms. The van der Waals surface area contributed by atoms with Gasteiger partial charge in [-0.3, -0.25) is 0 Å². The van der Waals surface area contributed by atoms with Gasteiger partial charge in [0.1, 0.15) is 0 Å². The third-order valence-electron chi connectivity index (χ3n) is 2.86. The van der Waals surface area contributed by atoms with Crippen LogP contribution in [0, 0.1) is 0 Å². The van der Waals surface area contributed by atoms with Crippen LogP contribution in [0.3, 0.4) is 0 Å². The molecule has 0 saturated carbocycles. The molecular formula is C14H16N2O2. The molecule has 0 aliphatic heterocycles. The molecule has 1 heterocycles. The van der Waals surface area contributed by atoms with Crippen LogP contribution in [0.15, 0.2) is 30.5 Å². The van der Waals surface area contributed by atoms with Crippen LogP contribution in [0.5, 0.6) is 0 Å². The zero-order valence-corrected chi connectivity index (χ0v) is 10.6. The number of carboxylic acid groups (broad SMARTS) is 1. The molecular weight excluding hydrogens is 228 g/mol. The third-order valence-corrected chi connectivity index (χ3v) is 2.86. The van der Waals surface area contributed by atoms with E-state index in [4.69, 9.17) is 5.11 Å². The van der Waals surface area contributed by atoms with Gasteiger partial charge < -0.3 is 9.67 Å². The Kier molecular flexibility index (Phi) is 3.46. The Morgan fingerprint density at radius 3 is 2.50 bits per heavy atom. The normalized spacial score (nSPS) is 10.6. The summed E-state index contributed by atoms with van der Waals surface area (Å²) in [5, 5.41) is 8.96. The predicted molar refractivity (Wildman–Crippen MR) is 69.6 cm³/mol. The quantitative estimate of drug-likeness (QED) is 0.899. The van der Waals surface area contributed by atoms with Crippen molar-refractivity contribution in [2.75, 3.05) is 0 Å². The molecule has 0 aliphatic carbocycles. The monoisotopic (exact) mass is 244 g/mol. The van der Waals surface area contributed by atoms with Crippen molar-refractivity contribution >= 4 is 5.97 Å². The Hall–Kier alpha value is -2.10. The fourth-order valence-electron chi connectivity index (χ4n) is 1.94. The van der Waals surface area contributed by atoms with Gasteiger partial charge in [0.05, 0.1) is 5.69 Å². The number of nitrogens with zero attached hydrogens (tertiary/aromatic N) is 2. The van der Waals surface area contributed by atoms with Gasteiger partial charge in [0.25, 0.3) is 0 Å². The fourth-order valence-corrected chi connectivity index (χ4v) is 1.94. The first-order valence-electron chi connectivity index (χ1n) is 5.97. The second kappa shape index (κ2) is 5.04. The lowest BCUT2D eigenvalue weighted by Crippen LogP contribution is -2.04. The molecule has 1 aromatic carbocycles. The Labute approximate surface area is 106 Å². The molecule has 0 unspecified atom stereocenters. The third kappa shape index (κ3) is 2.42. The molecule has 4 heteroatoms. The van der Waals surface area contributed by atoms with Gasteiger partial charge in [-0.05, 0) is 12.0 Å². The first-order chi connectivity index (χ1) is 8.61. The summed E-state index contributed by atoms with van der Waals surface area (Å²) >= 11 is 0. The zero-order valence-electron chi connectivity index (χ0n) is 10.6. The maximum atomic E-state index is 10.9. The number of carboxylic acids is 1. The Morgan fingerprint density at radius 1 is 1.33 bits per heavy atom. The van der Waals surface area contributed by atoms with Gasteiger partial charge in [-0.1, -0.05) is 37.6 Å². The number of rotatable bonds is 4. The smallest absolute Gasteiger partial charge is 0.372 e. The van der Waals surface area contributed by atoms with Gasteiger partial charge in [-0.25, -0.2) is 9.78 Å². The van der Waals surface area contributed by atoms with E-state index in [2.05, 4.69) is 24.0 Å². The van der Waals surface area contributed by atoms with Crippen LogP contribution in [-0.4, -0.2) is 20.6 Å². The molecule has 0 atom stereocenters. The van der Waals surface area contributed by atoms with E-state index in [1.54, 1.807) is 13.2 Å². The second-order valence-electron chi connectivity index (χ2n) is 4.31. The number of aryl methyl sites for hydroxylation is 2. The predicted octanol–water partition coefficient (Wildman–Crippen LogP) is 2.74. The second-order valence-corrected chi connectivity index (χ2v) is 4.31. The highest BCUT2D eigenvalue weighted by atomic mass is 16.4. The van der Waals surface area contributed by atoms with Gasteiger partial charge in [0, 0.05) is 18.8 Å². The molecule has 94 valence electrons. The van der Waals surface area contributed by atoms with E-state index < -0.39 is 5.97 Å². The fraction of sp³-hybridized carbons (Fsp3) is 0.286. The number of aromatic carboxylic acids is 1. The van der Waals surface area contributed by atoms with Gasteiger partial charge in [0.2, 0.25) is 5.82 Å². The van der Waals surface area contributed by atoms with Crippen molar-refractivity contribution in [2.45, 2.75) is 19.8 Å². The molecule has 0 saturated heterocycles. The molecule has 1 N–H and O–H groups in total. The lowest BCUT2D eigenvalue weighted by atomic mass is 10.1. The lowest BCUT2D eigenvalue weighted by molar-refractivity contribution is 0.0680. The Balaban J connectivity index is 2.31. The van der Waals surface area contributed by atoms with Crippen molar-refractivity contribution in [3.8, 4) is 11.3 Å². The van der Waals surface area contributed by atoms with Crippen LogP contribution in [0.1, 0.15) is 29.5 Å². The minimum absolute atomic E-state index is 0.0580. The average molecular weight is 244 g/mol. The standard InChI is InChI=1S/C14H16N2O2/c1-3-4-10-5-7-11(8-6-10)12-9-16(2)13(15-12)14(17)18/h5-9H,3-4H2,1-2H3,(H,17,18). The van der Waals surface area contributed by atoms with Crippen LogP contribution >= 0.6 is 0 Å². The highest BCUT2D eigenvalue weighted by Gasteiger charge is 2.12. The summed E-state index contributed by atoms with van der Waals surface area (Å²) in [5.41, 5.74) is 2.92. The molecule has 0 bridgehead atoms. The minimum Gasteiger partial charge on any atom is -0.475 e. The first-order valence-corrected chi connectivity index (χ1v) is 5.97. The van der Waals surface area contributed by atoms with Gasteiger partial charge in [0.15, 0.2) is 0 Å². The topological polar surface area (TPSA) is 55.1 Å². The van der Waals surface area contributed by atoms with E-state index in [9.17, 15) is 4.79 Å². The molecule has 0 fully saturated rings. The van der Waals surface area contributed by atoms with Crippen molar-refractivity contribution in [2.24, 2.45) is 7.05 Å². The Morgan fingerprint density at radius 2 is 2.00 bits per heavy atom. The van der Waals surface area contributed by atoms with Gasteiger partial charge >= 0.3 is 5.97 Å². The SMILES string of the molecule is CCCc1ccc(-c2cn(C)c(C(=O)O)n2)cc1. The molecule has 0 amide bonds. The summed E-state index contributed by atoms with van der Waals surface area (Å²) in [5.74, 6) is -0.950. The summed E-state index contributed by atoms with van der Waals surface area (Å²) < 4.78 is 1.53. The van der Waals surface area contributed by atoms with E-state index in [1.165, 1.54) is 10.1 Å². The largest absolute Gasteiger partial charge is 0.475 e. The summed E-state index contributed by atoms with van der Waals surface area (Å²) in [7, 11) is 1.69. The van der Waals surface area contributed by atoms with Crippen LogP contribution in [0.2, 0.25) is 0 Å². The van der Waals surface area contributed by atoms with Crippen molar-refractivity contribution in [1.82, 2.24) is 9.55 Å². The molecule has 1 aromatic heterocycles. The van der Waals surface area contributed by atoms with Crippen LogP contribution in [-0.2, 0) is 13.5 Å². The molecule has 0 aliphatic rings. The van der Waals surface area contributed by atoms with Crippen molar-refractivity contribution in [1.29, 1.82) is 0 Å². The van der Waals surface area contributed by atoms with Gasteiger partial charge in [-0.15, -0.1) is 0 Å². The molecule has 0 radical (unpaired) electrons. The summed E-state index contributed by atoms with van der Waals surface area (Å²) in [6.45, 7) is 2.14. The number of imidazole rings is 1. The molecule has 4 nitrogen and oxygen atoms in total. The number of carbonyl (C=O) groups is 1. The van der Waals surface area contributed by atoms with Crippen molar-refractivity contribution in [3.63, 3.8) is 0 Å². The number of hydrogen-bond donors (Lipinski definition) is 1. The highest BCUT2D eigenvalue weighted by Crippen LogP contribution is 2.19. The maximum Gasteiger partial charge on any atom is 0.372 e. The Bertz CT molecular complexity index is 556. The molecule has 2 aromatic rings. The maximum absolute atomic E-state index is 10.9. The van der Waals surface area contributed by atoms with E-state index in [0.717, 1.165) is 18.4 Å². The van der Waals surface area contributed by atoms with Crippen molar-refractivity contribution in [3.05, 3.63) is 41.9 Å².